The molecule has 0 fully saturated rings. The van der Waals surface area contributed by atoms with Crippen LogP contribution in [0.1, 0.15) is 12.6 Å². The summed E-state index contributed by atoms with van der Waals surface area (Å²) in [6, 6.07) is 0. The molecule has 60 valence electrons. The smallest absolute Gasteiger partial charge is 0.306 e. The van der Waals surface area contributed by atoms with Crippen molar-refractivity contribution in [2.75, 3.05) is 0 Å². The molecule has 0 aliphatic rings. The Hall–Kier alpha value is -1.39. The maximum absolute atomic E-state index is 10.4. The predicted octanol–water partition coefficient (Wildman–Crippen LogP) is 0.0679. The van der Waals surface area contributed by atoms with Crippen LogP contribution in [0.4, 0.5) is 0 Å². The molecule has 5 heteroatoms. The predicted molar refractivity (Wildman–Crippen MR) is 36.9 cm³/mol. The number of aliphatic carboxylic acids is 1. The zero-order chi connectivity index (χ0) is 8.27. The van der Waals surface area contributed by atoms with Gasteiger partial charge < -0.3 is 5.11 Å². The average molecular weight is 155 g/mol. The Bertz CT molecular complexity index is 232. The Balaban J connectivity index is 2.50. The molecular weight excluding hydrogens is 146 g/mol. The van der Waals surface area contributed by atoms with Crippen molar-refractivity contribution < 1.29 is 9.90 Å². The van der Waals surface area contributed by atoms with E-state index in [9.17, 15) is 4.79 Å². The molecule has 0 spiro atoms. The third kappa shape index (κ3) is 2.03. The Kier molecular flexibility index (Phi) is 2.20. The molecule has 1 atom stereocenters. The summed E-state index contributed by atoms with van der Waals surface area (Å²) in [5, 5.41) is 18.2. The van der Waals surface area contributed by atoms with E-state index in [1.807, 2.05) is 0 Å². The molecule has 0 bridgehead atoms. The van der Waals surface area contributed by atoms with Gasteiger partial charge in [-0.3, -0.25) is 9.89 Å². The van der Waals surface area contributed by atoms with Crippen molar-refractivity contribution in [3.05, 3.63) is 11.9 Å². The van der Waals surface area contributed by atoms with Crippen LogP contribution in [0.15, 0.2) is 6.20 Å². The molecule has 0 aromatic carbocycles. The van der Waals surface area contributed by atoms with Crippen molar-refractivity contribution in [1.29, 1.82) is 0 Å². The number of nitrogens with zero attached hydrogens (tertiary/aromatic N) is 2. The van der Waals surface area contributed by atoms with Gasteiger partial charge in [-0.1, -0.05) is 12.1 Å². The molecule has 1 aromatic heterocycles. The maximum atomic E-state index is 10.4. The molecule has 0 radical (unpaired) electrons. The number of nitrogens with one attached hydrogen (secondary N) is 1. The van der Waals surface area contributed by atoms with Crippen LogP contribution in [0, 0.1) is 5.92 Å². The quantitative estimate of drug-likeness (QED) is 0.647. The largest absolute Gasteiger partial charge is 0.481 e. The number of hydrogen-bond donors (Lipinski definition) is 2. The molecular formula is C6H9N3O2. The molecule has 0 saturated carbocycles. The second kappa shape index (κ2) is 3.14. The minimum atomic E-state index is -0.812. The number of aromatic nitrogens is 3. The van der Waals surface area contributed by atoms with Gasteiger partial charge >= 0.3 is 5.97 Å². The minimum Gasteiger partial charge on any atom is -0.481 e. The van der Waals surface area contributed by atoms with Crippen molar-refractivity contribution in [2.24, 2.45) is 5.92 Å². The molecule has 1 heterocycles. The fraction of sp³-hybridized carbons (Fsp3) is 0.500. The lowest BCUT2D eigenvalue weighted by Crippen LogP contribution is -2.12. The topological polar surface area (TPSA) is 78.9 Å². The van der Waals surface area contributed by atoms with Crippen LogP contribution >= 0.6 is 0 Å². The Labute approximate surface area is 63.4 Å². The molecule has 0 amide bonds. The van der Waals surface area contributed by atoms with Crippen molar-refractivity contribution in [3.8, 4) is 0 Å². The average Bonchev–Trinajstić information content (AvgIpc) is 2.39. The van der Waals surface area contributed by atoms with Crippen LogP contribution in [0.3, 0.4) is 0 Å². The molecule has 11 heavy (non-hydrogen) atoms. The number of carboxylic acid groups (broad SMARTS) is 1. The Morgan fingerprint density at radius 2 is 2.64 bits per heavy atom. The standard InChI is InChI=1S/C6H9N3O2/c1-4(6(10)11)2-5-3-7-9-8-5/h3-4H,2H2,1H3,(H,10,11)(H,7,8,9). The molecule has 2 N–H and O–H groups in total. The van der Waals surface area contributed by atoms with E-state index < -0.39 is 11.9 Å². The van der Waals surface area contributed by atoms with E-state index in [1.54, 1.807) is 13.1 Å². The van der Waals surface area contributed by atoms with E-state index >= 15 is 0 Å². The zero-order valence-corrected chi connectivity index (χ0v) is 6.11. The van der Waals surface area contributed by atoms with Gasteiger partial charge in [-0.05, 0) is 0 Å². The van der Waals surface area contributed by atoms with Crippen LogP contribution in [-0.2, 0) is 11.2 Å². The number of carboxylic acids is 1. The van der Waals surface area contributed by atoms with Gasteiger partial charge in [0, 0.05) is 12.6 Å². The van der Waals surface area contributed by atoms with Crippen molar-refractivity contribution in [3.63, 3.8) is 0 Å². The fourth-order valence-corrected chi connectivity index (χ4v) is 0.726. The lowest BCUT2D eigenvalue weighted by molar-refractivity contribution is -0.141. The molecule has 1 unspecified atom stereocenters. The number of H-pyrrole nitrogens is 1. The SMILES string of the molecule is CC(Cc1c[nH]nn1)C(=O)O. The summed E-state index contributed by atoms with van der Waals surface area (Å²) >= 11 is 0. The number of rotatable bonds is 3. The first kappa shape index (κ1) is 7.71. The van der Waals surface area contributed by atoms with Crippen molar-refractivity contribution >= 4 is 5.97 Å². The number of carbonyl (C=O) groups is 1. The summed E-state index contributed by atoms with van der Waals surface area (Å²) < 4.78 is 0. The summed E-state index contributed by atoms with van der Waals surface area (Å²) in [6.07, 6.45) is 2.02. The van der Waals surface area contributed by atoms with E-state index in [4.69, 9.17) is 5.11 Å². The molecule has 0 aliphatic carbocycles. The normalized spacial score (nSPS) is 12.8. The summed E-state index contributed by atoms with van der Waals surface area (Å²) in [4.78, 5) is 10.4. The summed E-state index contributed by atoms with van der Waals surface area (Å²) in [5.41, 5.74) is 0.680. The number of hydrogen-bond acceptors (Lipinski definition) is 3. The van der Waals surface area contributed by atoms with Gasteiger partial charge in [-0.2, -0.15) is 0 Å². The van der Waals surface area contributed by atoms with Crippen LogP contribution < -0.4 is 0 Å². The first-order valence-corrected chi connectivity index (χ1v) is 3.28. The van der Waals surface area contributed by atoms with E-state index in [0.29, 0.717) is 12.1 Å². The van der Waals surface area contributed by atoms with Crippen LogP contribution in [-0.4, -0.2) is 26.5 Å². The van der Waals surface area contributed by atoms with Gasteiger partial charge in [-0.25, -0.2) is 0 Å². The summed E-state index contributed by atoms with van der Waals surface area (Å²) in [6.45, 7) is 1.64. The first-order chi connectivity index (χ1) is 5.20. The second-order valence-corrected chi connectivity index (χ2v) is 2.41. The first-order valence-electron chi connectivity index (χ1n) is 3.28. The van der Waals surface area contributed by atoms with Crippen LogP contribution in [0.2, 0.25) is 0 Å². The lowest BCUT2D eigenvalue weighted by atomic mass is 10.1. The highest BCUT2D eigenvalue weighted by Gasteiger charge is 2.12. The highest BCUT2D eigenvalue weighted by molar-refractivity contribution is 5.69. The second-order valence-electron chi connectivity index (χ2n) is 2.41. The van der Waals surface area contributed by atoms with Gasteiger partial charge in [0.1, 0.15) is 0 Å². The maximum Gasteiger partial charge on any atom is 0.306 e. The Morgan fingerprint density at radius 1 is 1.91 bits per heavy atom. The third-order valence-electron chi connectivity index (χ3n) is 1.40. The third-order valence-corrected chi connectivity index (χ3v) is 1.40. The molecule has 1 aromatic rings. The van der Waals surface area contributed by atoms with E-state index in [2.05, 4.69) is 15.4 Å². The minimum absolute atomic E-state index is 0.403. The molecule has 0 aliphatic heterocycles. The van der Waals surface area contributed by atoms with Crippen molar-refractivity contribution in [1.82, 2.24) is 15.4 Å². The summed E-state index contributed by atoms with van der Waals surface area (Å²) in [5.74, 6) is -1.21. The molecule has 5 nitrogen and oxygen atoms in total. The van der Waals surface area contributed by atoms with Gasteiger partial charge in [0.25, 0.3) is 0 Å². The molecule has 1 rings (SSSR count). The van der Waals surface area contributed by atoms with Crippen LogP contribution in [0.25, 0.3) is 0 Å². The van der Waals surface area contributed by atoms with Crippen LogP contribution in [0.5, 0.6) is 0 Å². The van der Waals surface area contributed by atoms with Gasteiger partial charge in [-0.15, -0.1) is 5.10 Å². The van der Waals surface area contributed by atoms with Gasteiger partial charge in [0.2, 0.25) is 0 Å². The van der Waals surface area contributed by atoms with E-state index in [1.165, 1.54) is 0 Å². The van der Waals surface area contributed by atoms with E-state index in [0.717, 1.165) is 0 Å². The Morgan fingerprint density at radius 3 is 3.09 bits per heavy atom. The monoisotopic (exact) mass is 155 g/mol. The highest BCUT2D eigenvalue weighted by atomic mass is 16.4. The van der Waals surface area contributed by atoms with E-state index in [-0.39, 0.29) is 0 Å². The summed E-state index contributed by atoms with van der Waals surface area (Å²) in [7, 11) is 0. The molecule has 0 saturated heterocycles. The lowest BCUT2D eigenvalue weighted by Gasteiger charge is -2.00. The number of aromatic amines is 1. The van der Waals surface area contributed by atoms with Gasteiger partial charge in [0.05, 0.1) is 11.6 Å². The fourth-order valence-electron chi connectivity index (χ4n) is 0.726. The zero-order valence-electron chi connectivity index (χ0n) is 6.11. The highest BCUT2D eigenvalue weighted by Crippen LogP contribution is 2.03. The van der Waals surface area contributed by atoms with Gasteiger partial charge in [0.15, 0.2) is 0 Å². The van der Waals surface area contributed by atoms with Crippen molar-refractivity contribution in [2.45, 2.75) is 13.3 Å².